The number of aromatic nitrogens is 4. The number of hydrogen-bond donors (Lipinski definition) is 4. The Balaban J connectivity index is 1.29. The van der Waals surface area contributed by atoms with Crippen LogP contribution in [-0.2, 0) is 25.8 Å². The summed E-state index contributed by atoms with van der Waals surface area (Å²) in [7, 11) is 0. The van der Waals surface area contributed by atoms with Gasteiger partial charge in [0.05, 0.1) is 17.4 Å². The highest BCUT2D eigenvalue weighted by molar-refractivity contribution is 8.00. The summed E-state index contributed by atoms with van der Waals surface area (Å²) >= 11 is 2.41. The van der Waals surface area contributed by atoms with Crippen LogP contribution in [0.25, 0.3) is 11.3 Å². The van der Waals surface area contributed by atoms with Crippen molar-refractivity contribution in [2.24, 2.45) is 5.16 Å². The van der Waals surface area contributed by atoms with E-state index in [-0.39, 0.29) is 46.8 Å². The molecule has 0 aromatic carbocycles. The van der Waals surface area contributed by atoms with E-state index < -0.39 is 35.1 Å². The third kappa shape index (κ3) is 5.89. The zero-order chi connectivity index (χ0) is 30.7. The number of nitrogen functional groups attached to an aromatic ring is 1. The van der Waals surface area contributed by atoms with Gasteiger partial charge in [0.25, 0.3) is 17.7 Å². The number of fused-ring (bicyclic) bond motifs is 1. The number of hydrogen-bond acceptors (Lipinski definition) is 13. The first kappa shape index (κ1) is 29.2. The highest BCUT2D eigenvalue weighted by Gasteiger charge is 2.53. The van der Waals surface area contributed by atoms with Crippen molar-refractivity contribution < 1.29 is 33.7 Å². The van der Waals surface area contributed by atoms with Gasteiger partial charge in [-0.15, -0.1) is 23.1 Å². The van der Waals surface area contributed by atoms with Crippen molar-refractivity contribution in [3.05, 3.63) is 58.6 Å². The predicted octanol–water partition coefficient (Wildman–Crippen LogP) is -1.54. The van der Waals surface area contributed by atoms with Crippen LogP contribution in [0.5, 0.6) is 0 Å². The van der Waals surface area contributed by atoms with Crippen LogP contribution in [0.3, 0.4) is 0 Å². The quantitative estimate of drug-likeness (QED) is 0.0505. The summed E-state index contributed by atoms with van der Waals surface area (Å²) in [6.07, 6.45) is 4.94. The Morgan fingerprint density at radius 1 is 1.37 bits per heavy atom. The third-order valence-corrected chi connectivity index (χ3v) is 8.36. The van der Waals surface area contributed by atoms with Gasteiger partial charge < -0.3 is 25.8 Å². The molecule has 0 bridgehead atoms. The van der Waals surface area contributed by atoms with Gasteiger partial charge in [-0.05, 0) is 13.0 Å². The second kappa shape index (κ2) is 12.3. The molecule has 2 aliphatic heterocycles. The minimum Gasteiger partial charge on any atom is -0.543 e. The van der Waals surface area contributed by atoms with Crippen molar-refractivity contribution in [1.82, 2.24) is 30.7 Å². The number of thioether (sulfide) groups is 1. The molecule has 2 atom stereocenters. The van der Waals surface area contributed by atoms with Crippen LogP contribution in [0.2, 0.25) is 0 Å². The molecule has 5 N–H and O–H groups in total. The van der Waals surface area contributed by atoms with Crippen LogP contribution in [-0.4, -0.2) is 73.3 Å². The van der Waals surface area contributed by atoms with E-state index in [4.69, 9.17) is 15.8 Å². The van der Waals surface area contributed by atoms with Gasteiger partial charge in [0.15, 0.2) is 36.0 Å². The maximum absolute atomic E-state index is 13.1. The first-order valence-electron chi connectivity index (χ1n) is 12.6. The van der Waals surface area contributed by atoms with Gasteiger partial charge in [0.1, 0.15) is 29.4 Å². The van der Waals surface area contributed by atoms with Crippen LogP contribution in [0.4, 0.5) is 5.13 Å². The van der Waals surface area contributed by atoms with E-state index >= 15 is 0 Å². The standard InChI is InChI=1S/C25H22N10O6S2/c1-2-41-33-17(16-10-43-25(27)29-16)21(37)30-18-22(38)35-19(24(39)40)13(9-42-23(18)35)8-34-5-3-12(4-6-34)14-7-15(32-31-14)20(36)28-11-26/h3-7,10,18,23H,2,8-9H2,1H3,(H5,27,28,29,30,36,37,39,40)/b33-17-/t18-,23-/m1/s1. The number of aromatic amines is 1. The molecule has 1 saturated heterocycles. The van der Waals surface area contributed by atoms with E-state index in [1.54, 1.807) is 42.2 Å². The number of nitrogens with zero attached hydrogens (tertiary/aromatic N) is 6. The molecule has 0 radical (unpaired) electrons. The number of carboxylic acid groups (broad SMARTS) is 1. The number of nitrogens with two attached hydrogens (primary N) is 1. The zero-order valence-corrected chi connectivity index (χ0v) is 23.9. The van der Waals surface area contributed by atoms with Gasteiger partial charge in [0.2, 0.25) is 0 Å². The van der Waals surface area contributed by atoms with Crippen molar-refractivity contribution in [3.8, 4) is 17.5 Å². The molecule has 18 heteroatoms. The molecule has 5 heterocycles. The second-order valence-corrected chi connectivity index (χ2v) is 11.0. The fourth-order valence-corrected chi connectivity index (χ4v) is 6.27. The lowest BCUT2D eigenvalue weighted by atomic mass is 10.0. The average molecular weight is 623 g/mol. The summed E-state index contributed by atoms with van der Waals surface area (Å²) in [5, 5.41) is 37.0. The van der Waals surface area contributed by atoms with Gasteiger partial charge in [-0.25, -0.2) is 9.55 Å². The Hall–Kier alpha value is -5.28. The number of anilines is 1. The fourth-order valence-electron chi connectivity index (χ4n) is 4.39. The zero-order valence-electron chi connectivity index (χ0n) is 22.3. The van der Waals surface area contributed by atoms with E-state index in [9.17, 15) is 24.3 Å². The number of nitriles is 1. The van der Waals surface area contributed by atoms with Crippen LogP contribution in [0.1, 0.15) is 23.1 Å². The maximum atomic E-state index is 13.1. The summed E-state index contributed by atoms with van der Waals surface area (Å²) < 4.78 is 1.72. The topological polar surface area (TPSA) is 235 Å². The van der Waals surface area contributed by atoms with Crippen molar-refractivity contribution >= 4 is 57.6 Å². The maximum Gasteiger partial charge on any atom is 0.282 e. The number of carbonyl (C=O) groups excluding carboxylic acids is 4. The van der Waals surface area contributed by atoms with Gasteiger partial charge in [0, 0.05) is 34.4 Å². The highest BCUT2D eigenvalue weighted by Crippen LogP contribution is 2.40. The summed E-state index contributed by atoms with van der Waals surface area (Å²) in [5.41, 5.74) is 7.16. The van der Waals surface area contributed by atoms with E-state index in [1.807, 2.05) is 5.32 Å². The number of rotatable bonds is 10. The molecule has 3 aromatic rings. The number of thiazole rings is 1. The number of amides is 3. The average Bonchev–Trinajstić information content (AvgIpc) is 3.66. The normalized spacial score (nSPS) is 17.9. The number of pyridine rings is 1. The molecule has 43 heavy (non-hydrogen) atoms. The molecule has 3 aromatic heterocycles. The first-order valence-corrected chi connectivity index (χ1v) is 14.5. The number of aliphatic carboxylic acids is 1. The third-order valence-electron chi connectivity index (χ3n) is 6.34. The highest BCUT2D eigenvalue weighted by atomic mass is 32.2. The van der Waals surface area contributed by atoms with Gasteiger partial charge in [-0.1, -0.05) is 5.16 Å². The largest absolute Gasteiger partial charge is 0.543 e. The molecule has 0 saturated carbocycles. The van der Waals surface area contributed by atoms with Crippen molar-refractivity contribution in [3.63, 3.8) is 0 Å². The lowest BCUT2D eigenvalue weighted by Gasteiger charge is -2.50. The Kier molecular flexibility index (Phi) is 8.36. The second-order valence-electron chi connectivity index (χ2n) is 9.02. The van der Waals surface area contributed by atoms with E-state index in [2.05, 4.69) is 25.7 Å². The molecule has 0 spiro atoms. The van der Waals surface area contributed by atoms with Gasteiger partial charge in [-0.2, -0.15) is 10.4 Å². The monoisotopic (exact) mass is 622 g/mol. The predicted molar refractivity (Wildman–Crippen MR) is 149 cm³/mol. The Bertz CT molecular complexity index is 1710. The molecule has 0 aliphatic carbocycles. The summed E-state index contributed by atoms with van der Waals surface area (Å²) in [4.78, 5) is 60.4. The minimum atomic E-state index is -1.51. The van der Waals surface area contributed by atoms with Crippen molar-refractivity contribution in [2.45, 2.75) is 24.9 Å². The van der Waals surface area contributed by atoms with E-state index in [1.165, 1.54) is 23.2 Å². The Morgan fingerprint density at radius 3 is 2.79 bits per heavy atom. The van der Waals surface area contributed by atoms with Gasteiger partial charge >= 0.3 is 0 Å². The van der Waals surface area contributed by atoms with Crippen molar-refractivity contribution in [2.75, 3.05) is 18.1 Å². The van der Waals surface area contributed by atoms with Crippen molar-refractivity contribution in [1.29, 1.82) is 5.26 Å². The van der Waals surface area contributed by atoms with E-state index in [0.717, 1.165) is 16.2 Å². The Morgan fingerprint density at radius 2 is 2.14 bits per heavy atom. The smallest absolute Gasteiger partial charge is 0.282 e. The molecule has 1 fully saturated rings. The lowest BCUT2D eigenvalue weighted by Crippen LogP contribution is -2.71. The number of carbonyl (C=O) groups is 4. The molecule has 2 aliphatic rings. The Labute approximate surface area is 251 Å². The molecule has 0 unspecified atom stereocenters. The number of nitrogens with one attached hydrogen (secondary N) is 3. The molecular formula is C25H22N10O6S2. The van der Waals surface area contributed by atoms with Crippen LogP contribution in [0, 0.1) is 11.5 Å². The fraction of sp³-hybridized carbons (Fsp3) is 0.240. The molecule has 5 rings (SSSR count). The summed E-state index contributed by atoms with van der Waals surface area (Å²) in [6, 6.07) is 3.93. The molecule has 220 valence electrons. The lowest BCUT2D eigenvalue weighted by molar-refractivity contribution is -0.689. The van der Waals surface area contributed by atoms with Crippen LogP contribution < -0.4 is 26.0 Å². The summed E-state index contributed by atoms with van der Waals surface area (Å²) in [6.45, 7) is 2.03. The number of H-pyrrole nitrogens is 1. The van der Waals surface area contributed by atoms with E-state index in [0.29, 0.717) is 16.8 Å². The molecule has 3 amide bonds. The first-order chi connectivity index (χ1) is 20.7. The number of carboxylic acids is 1. The minimum absolute atomic E-state index is 0.116. The number of oxime groups is 1. The number of β-lactam (4-membered cyclic amide) rings is 1. The van der Waals surface area contributed by atoms with Gasteiger partial charge in [-0.3, -0.25) is 29.7 Å². The molecular weight excluding hydrogens is 600 g/mol. The SMILES string of the molecule is CCO/N=C(\C(=O)N[C@@H]1C(=O)N2C(C(=O)[O-])=C(C[n+]3ccc(-c4cc(C(=O)NC#N)[nH]n4)cc3)CS[C@H]12)c1csc(N)n1. The summed E-state index contributed by atoms with van der Waals surface area (Å²) in [5.74, 6) is -3.18. The van der Waals surface area contributed by atoms with Crippen LogP contribution >= 0.6 is 23.1 Å². The molecule has 16 nitrogen and oxygen atoms in total. The van der Waals surface area contributed by atoms with Crippen LogP contribution in [0.15, 0.2) is 52.4 Å².